The summed E-state index contributed by atoms with van der Waals surface area (Å²) >= 11 is 0. The van der Waals surface area contributed by atoms with E-state index in [9.17, 15) is 0 Å². The second kappa shape index (κ2) is 11.0. The van der Waals surface area contributed by atoms with E-state index in [1.54, 1.807) is 0 Å². The van der Waals surface area contributed by atoms with Gasteiger partial charge in [0.05, 0.1) is 6.61 Å². The second-order valence-corrected chi connectivity index (χ2v) is 3.91. The average Bonchev–Trinajstić information content (AvgIpc) is 2.22. The number of ether oxygens (including phenoxy) is 1. The van der Waals surface area contributed by atoms with Crippen molar-refractivity contribution in [3.8, 4) is 0 Å². The van der Waals surface area contributed by atoms with E-state index in [1.807, 2.05) is 7.05 Å². The van der Waals surface area contributed by atoms with Crippen LogP contribution >= 0.6 is 0 Å². The summed E-state index contributed by atoms with van der Waals surface area (Å²) in [6, 6.07) is 0.554. The van der Waals surface area contributed by atoms with Gasteiger partial charge in [-0.1, -0.05) is 39.5 Å². The minimum Gasteiger partial charge on any atom is -0.380 e. The first-order valence-electron chi connectivity index (χ1n) is 6.10. The molecule has 0 aromatic heterocycles. The molecule has 0 rings (SSSR count). The normalized spacial score (nSPS) is 13.1. The minimum atomic E-state index is 0.554. The summed E-state index contributed by atoms with van der Waals surface area (Å²) in [7, 11) is 2.03. The summed E-state index contributed by atoms with van der Waals surface area (Å²) in [5.41, 5.74) is 0. The molecule has 1 unspecified atom stereocenters. The smallest absolute Gasteiger partial charge is 0.0619 e. The fourth-order valence-electron chi connectivity index (χ4n) is 1.50. The van der Waals surface area contributed by atoms with E-state index in [0.29, 0.717) is 6.04 Å². The standard InChI is InChI=1S/C12H27NO/c1-4-6-7-8-9-12(13-3)11-14-10-5-2/h12-13H,4-11H2,1-3H3. The van der Waals surface area contributed by atoms with Gasteiger partial charge in [0.25, 0.3) is 0 Å². The van der Waals surface area contributed by atoms with Gasteiger partial charge in [0, 0.05) is 12.6 Å². The molecule has 0 saturated carbocycles. The largest absolute Gasteiger partial charge is 0.380 e. The van der Waals surface area contributed by atoms with Crippen molar-refractivity contribution < 1.29 is 4.74 Å². The van der Waals surface area contributed by atoms with Gasteiger partial charge in [0.1, 0.15) is 0 Å². The summed E-state index contributed by atoms with van der Waals surface area (Å²) in [5, 5.41) is 3.31. The summed E-state index contributed by atoms with van der Waals surface area (Å²) in [5.74, 6) is 0. The van der Waals surface area contributed by atoms with Crippen LogP contribution in [0.5, 0.6) is 0 Å². The van der Waals surface area contributed by atoms with Gasteiger partial charge in [-0.05, 0) is 19.9 Å². The van der Waals surface area contributed by atoms with Crippen molar-refractivity contribution in [2.24, 2.45) is 0 Å². The molecule has 2 nitrogen and oxygen atoms in total. The van der Waals surface area contributed by atoms with E-state index in [1.165, 1.54) is 32.1 Å². The highest BCUT2D eigenvalue weighted by atomic mass is 16.5. The highest BCUT2D eigenvalue weighted by Gasteiger charge is 2.04. The van der Waals surface area contributed by atoms with Gasteiger partial charge in [0.15, 0.2) is 0 Å². The molecule has 0 aliphatic carbocycles. The van der Waals surface area contributed by atoms with Crippen molar-refractivity contribution in [1.82, 2.24) is 5.32 Å². The lowest BCUT2D eigenvalue weighted by Gasteiger charge is -2.15. The molecule has 86 valence electrons. The number of rotatable bonds is 10. The molecule has 0 aromatic rings. The van der Waals surface area contributed by atoms with Crippen molar-refractivity contribution in [2.45, 2.75) is 58.4 Å². The first-order chi connectivity index (χ1) is 6.85. The molecule has 2 heteroatoms. The van der Waals surface area contributed by atoms with Crippen molar-refractivity contribution >= 4 is 0 Å². The SMILES string of the molecule is CCCCCCC(COCCC)NC. The van der Waals surface area contributed by atoms with Crippen LogP contribution in [0.3, 0.4) is 0 Å². The quantitative estimate of drug-likeness (QED) is 0.549. The number of unbranched alkanes of at least 4 members (excludes halogenated alkanes) is 3. The van der Waals surface area contributed by atoms with Crippen LogP contribution in [0.15, 0.2) is 0 Å². The Bertz CT molecular complexity index is 106. The lowest BCUT2D eigenvalue weighted by atomic mass is 10.1. The maximum atomic E-state index is 5.53. The van der Waals surface area contributed by atoms with Crippen LogP contribution in [0, 0.1) is 0 Å². The predicted molar refractivity (Wildman–Crippen MR) is 62.7 cm³/mol. The topological polar surface area (TPSA) is 21.3 Å². The third-order valence-corrected chi connectivity index (χ3v) is 2.48. The lowest BCUT2D eigenvalue weighted by molar-refractivity contribution is 0.110. The zero-order valence-electron chi connectivity index (χ0n) is 10.1. The van der Waals surface area contributed by atoms with Crippen LogP contribution in [0.4, 0.5) is 0 Å². The van der Waals surface area contributed by atoms with Crippen molar-refractivity contribution in [2.75, 3.05) is 20.3 Å². The fraction of sp³-hybridized carbons (Fsp3) is 1.00. The lowest BCUT2D eigenvalue weighted by Crippen LogP contribution is -2.30. The molecule has 0 spiro atoms. The van der Waals surface area contributed by atoms with Crippen LogP contribution in [-0.4, -0.2) is 26.3 Å². The molecule has 1 N–H and O–H groups in total. The molecule has 0 amide bonds. The molecule has 0 fully saturated rings. The van der Waals surface area contributed by atoms with Gasteiger partial charge in [-0.25, -0.2) is 0 Å². The summed E-state index contributed by atoms with van der Waals surface area (Å²) in [6.07, 6.45) is 7.74. The van der Waals surface area contributed by atoms with Gasteiger partial charge in [-0.3, -0.25) is 0 Å². The molecule has 0 aliphatic rings. The van der Waals surface area contributed by atoms with Gasteiger partial charge in [-0.2, -0.15) is 0 Å². The summed E-state index contributed by atoms with van der Waals surface area (Å²) < 4.78 is 5.53. The highest BCUT2D eigenvalue weighted by Crippen LogP contribution is 2.05. The molecule has 0 saturated heterocycles. The Labute approximate surface area is 89.4 Å². The molecule has 0 radical (unpaired) electrons. The number of nitrogens with one attached hydrogen (secondary N) is 1. The predicted octanol–water partition coefficient (Wildman–Crippen LogP) is 2.97. The number of hydrogen-bond donors (Lipinski definition) is 1. The monoisotopic (exact) mass is 201 g/mol. The molecular formula is C12H27NO. The molecule has 14 heavy (non-hydrogen) atoms. The Balaban J connectivity index is 3.28. The molecule has 0 heterocycles. The third-order valence-electron chi connectivity index (χ3n) is 2.48. The molecular weight excluding hydrogens is 174 g/mol. The maximum absolute atomic E-state index is 5.53. The van der Waals surface area contributed by atoms with Crippen LogP contribution in [0.1, 0.15) is 52.4 Å². The molecule has 0 aliphatic heterocycles. The zero-order valence-corrected chi connectivity index (χ0v) is 10.1. The van der Waals surface area contributed by atoms with Crippen LogP contribution in [-0.2, 0) is 4.74 Å². The van der Waals surface area contributed by atoms with Gasteiger partial charge in [0.2, 0.25) is 0 Å². The van der Waals surface area contributed by atoms with Gasteiger partial charge >= 0.3 is 0 Å². The second-order valence-electron chi connectivity index (χ2n) is 3.91. The number of hydrogen-bond acceptors (Lipinski definition) is 2. The van der Waals surface area contributed by atoms with E-state index in [2.05, 4.69) is 19.2 Å². The van der Waals surface area contributed by atoms with Crippen LogP contribution in [0.2, 0.25) is 0 Å². The molecule has 1 atom stereocenters. The Kier molecular flexibility index (Phi) is 10.9. The summed E-state index contributed by atoms with van der Waals surface area (Å²) in [4.78, 5) is 0. The van der Waals surface area contributed by atoms with Crippen molar-refractivity contribution in [3.63, 3.8) is 0 Å². The van der Waals surface area contributed by atoms with Crippen molar-refractivity contribution in [3.05, 3.63) is 0 Å². The Morgan fingerprint density at radius 1 is 1.07 bits per heavy atom. The van der Waals surface area contributed by atoms with E-state index in [0.717, 1.165) is 19.6 Å². The highest BCUT2D eigenvalue weighted by molar-refractivity contribution is 4.63. The van der Waals surface area contributed by atoms with Crippen LogP contribution in [0.25, 0.3) is 0 Å². The maximum Gasteiger partial charge on any atom is 0.0619 e. The average molecular weight is 201 g/mol. The molecule has 0 aromatic carbocycles. The number of likely N-dealkylation sites (N-methyl/N-ethyl adjacent to an activating group) is 1. The Morgan fingerprint density at radius 2 is 1.86 bits per heavy atom. The summed E-state index contributed by atoms with van der Waals surface area (Å²) in [6.45, 7) is 6.17. The third kappa shape index (κ3) is 8.52. The molecule has 0 bridgehead atoms. The van der Waals surface area contributed by atoms with E-state index in [-0.39, 0.29) is 0 Å². The first-order valence-corrected chi connectivity index (χ1v) is 6.10. The first kappa shape index (κ1) is 13.9. The van der Waals surface area contributed by atoms with E-state index < -0.39 is 0 Å². The van der Waals surface area contributed by atoms with E-state index >= 15 is 0 Å². The Hall–Kier alpha value is -0.0800. The van der Waals surface area contributed by atoms with Crippen molar-refractivity contribution in [1.29, 1.82) is 0 Å². The van der Waals surface area contributed by atoms with Gasteiger partial charge in [-0.15, -0.1) is 0 Å². The zero-order chi connectivity index (χ0) is 10.6. The van der Waals surface area contributed by atoms with Gasteiger partial charge < -0.3 is 10.1 Å². The van der Waals surface area contributed by atoms with E-state index in [4.69, 9.17) is 4.74 Å². The Morgan fingerprint density at radius 3 is 2.43 bits per heavy atom. The minimum absolute atomic E-state index is 0.554. The fourth-order valence-corrected chi connectivity index (χ4v) is 1.50. The van der Waals surface area contributed by atoms with Crippen LogP contribution < -0.4 is 5.32 Å².